The summed E-state index contributed by atoms with van der Waals surface area (Å²) < 4.78 is 0. The molecule has 1 aromatic rings. The van der Waals surface area contributed by atoms with Crippen molar-refractivity contribution < 1.29 is 0 Å². The van der Waals surface area contributed by atoms with Gasteiger partial charge in [0.1, 0.15) is 0 Å². The first-order valence-electron chi connectivity index (χ1n) is 8.44. The number of aryl methyl sites for hydroxylation is 1. The van der Waals surface area contributed by atoms with Crippen LogP contribution >= 0.6 is 0 Å². The molecule has 0 aromatic heterocycles. The van der Waals surface area contributed by atoms with Gasteiger partial charge in [0, 0.05) is 12.1 Å². The first-order valence-corrected chi connectivity index (χ1v) is 8.44. The molecule has 0 amide bonds. The molecule has 108 valence electrons. The van der Waals surface area contributed by atoms with Crippen molar-refractivity contribution in [1.82, 2.24) is 10.2 Å². The van der Waals surface area contributed by atoms with Crippen LogP contribution in [0.5, 0.6) is 0 Å². The number of fused-ring (bicyclic) bond motifs is 5. The molecule has 3 saturated heterocycles. The quantitative estimate of drug-likeness (QED) is 0.828. The molecule has 0 unspecified atom stereocenters. The molecule has 2 heteroatoms. The van der Waals surface area contributed by atoms with Crippen LogP contribution in [0.4, 0.5) is 0 Å². The van der Waals surface area contributed by atoms with Crippen LogP contribution in [0, 0.1) is 11.8 Å². The highest BCUT2D eigenvalue weighted by Gasteiger charge is 2.53. The van der Waals surface area contributed by atoms with E-state index in [-0.39, 0.29) is 0 Å². The normalized spacial score (nSPS) is 35.6. The summed E-state index contributed by atoms with van der Waals surface area (Å²) in [6.45, 7) is 3.91. The highest BCUT2D eigenvalue weighted by atomic mass is 15.3. The fourth-order valence-electron chi connectivity index (χ4n) is 5.00. The summed E-state index contributed by atoms with van der Waals surface area (Å²) in [5.41, 5.74) is 1.50. The minimum atomic E-state index is 0.914. The van der Waals surface area contributed by atoms with Crippen LogP contribution in [0.1, 0.15) is 31.2 Å². The third-order valence-corrected chi connectivity index (χ3v) is 5.88. The minimum Gasteiger partial charge on any atom is -0.316 e. The van der Waals surface area contributed by atoms with Gasteiger partial charge in [0.25, 0.3) is 0 Å². The first-order chi connectivity index (χ1) is 9.93. The van der Waals surface area contributed by atoms with E-state index >= 15 is 0 Å². The summed E-state index contributed by atoms with van der Waals surface area (Å²) >= 11 is 0. The van der Waals surface area contributed by atoms with E-state index in [9.17, 15) is 0 Å². The maximum atomic E-state index is 3.61. The Kier molecular flexibility index (Phi) is 3.53. The smallest absolute Gasteiger partial charge is 0.0143 e. The summed E-state index contributed by atoms with van der Waals surface area (Å²) in [7, 11) is 0. The number of nitrogens with zero attached hydrogens (tertiary/aromatic N) is 1. The zero-order valence-electron chi connectivity index (χ0n) is 12.3. The summed E-state index contributed by atoms with van der Waals surface area (Å²) in [5.74, 6) is 1.95. The zero-order chi connectivity index (χ0) is 13.4. The Morgan fingerprint density at radius 1 is 0.950 bits per heavy atom. The van der Waals surface area contributed by atoms with Crippen molar-refractivity contribution in [3.8, 4) is 0 Å². The molecule has 3 fully saturated rings. The van der Waals surface area contributed by atoms with Crippen LogP contribution in [0.2, 0.25) is 0 Å². The van der Waals surface area contributed by atoms with E-state index in [4.69, 9.17) is 0 Å². The molecule has 0 saturated carbocycles. The van der Waals surface area contributed by atoms with E-state index in [0.29, 0.717) is 0 Å². The molecule has 2 nitrogen and oxygen atoms in total. The van der Waals surface area contributed by atoms with Gasteiger partial charge >= 0.3 is 0 Å². The second kappa shape index (κ2) is 5.50. The van der Waals surface area contributed by atoms with Crippen LogP contribution in [-0.4, -0.2) is 36.6 Å². The molecule has 2 bridgehead atoms. The third-order valence-electron chi connectivity index (χ3n) is 5.88. The van der Waals surface area contributed by atoms with Crippen molar-refractivity contribution in [2.24, 2.45) is 11.8 Å². The number of nitrogens with one attached hydrogen (secondary N) is 1. The van der Waals surface area contributed by atoms with Gasteiger partial charge in [-0.1, -0.05) is 30.3 Å². The number of hydrogen-bond acceptors (Lipinski definition) is 2. The molecular formula is C18H26N2. The van der Waals surface area contributed by atoms with E-state index in [0.717, 1.165) is 23.9 Å². The Labute approximate surface area is 122 Å². The Morgan fingerprint density at radius 2 is 1.65 bits per heavy atom. The number of hydrogen-bond donors (Lipinski definition) is 1. The predicted molar refractivity (Wildman–Crippen MR) is 82.7 cm³/mol. The Morgan fingerprint density at radius 3 is 2.35 bits per heavy atom. The lowest BCUT2D eigenvalue weighted by Gasteiger charge is -2.24. The van der Waals surface area contributed by atoms with Crippen LogP contribution in [0.3, 0.4) is 0 Å². The average molecular weight is 270 g/mol. The van der Waals surface area contributed by atoms with Gasteiger partial charge in [-0.25, -0.2) is 0 Å². The summed E-state index contributed by atoms with van der Waals surface area (Å²) in [5, 5.41) is 3.61. The molecule has 1 aromatic carbocycles. The molecule has 1 N–H and O–H groups in total. The van der Waals surface area contributed by atoms with E-state index in [1.165, 1.54) is 57.3 Å². The monoisotopic (exact) mass is 270 g/mol. The van der Waals surface area contributed by atoms with Crippen molar-refractivity contribution in [3.05, 3.63) is 35.9 Å². The molecule has 4 rings (SSSR count). The van der Waals surface area contributed by atoms with Crippen LogP contribution in [0.25, 0.3) is 0 Å². The van der Waals surface area contributed by atoms with Gasteiger partial charge in [-0.3, -0.25) is 4.90 Å². The summed E-state index contributed by atoms with van der Waals surface area (Å²) in [6, 6.07) is 12.8. The standard InChI is InChI=1S/C18H26N2/c1-2-6-14(7-3-1)8-4-5-11-20-17-9-10-18(20)16-13-19-12-15(16)17/h1-3,6-7,15-19H,4-5,8-13H2/t15-,16+,17-,18+. The number of benzene rings is 1. The van der Waals surface area contributed by atoms with Gasteiger partial charge in [-0.05, 0) is 69.1 Å². The van der Waals surface area contributed by atoms with Gasteiger partial charge in [-0.15, -0.1) is 0 Å². The van der Waals surface area contributed by atoms with Crippen LogP contribution in [0.15, 0.2) is 30.3 Å². The lowest BCUT2D eigenvalue weighted by Crippen LogP contribution is -2.35. The Hall–Kier alpha value is -0.860. The molecule has 3 aliphatic heterocycles. The van der Waals surface area contributed by atoms with E-state index < -0.39 is 0 Å². The molecule has 4 atom stereocenters. The van der Waals surface area contributed by atoms with Crippen LogP contribution < -0.4 is 5.32 Å². The van der Waals surface area contributed by atoms with Gasteiger partial charge in [0.2, 0.25) is 0 Å². The largest absolute Gasteiger partial charge is 0.316 e. The third kappa shape index (κ3) is 2.19. The Bertz CT molecular complexity index is 426. The second-order valence-electron chi connectivity index (χ2n) is 6.88. The molecular weight excluding hydrogens is 244 g/mol. The minimum absolute atomic E-state index is 0.914. The first kappa shape index (κ1) is 12.8. The van der Waals surface area contributed by atoms with Crippen molar-refractivity contribution in [2.45, 2.75) is 44.2 Å². The van der Waals surface area contributed by atoms with E-state index in [1.54, 1.807) is 0 Å². The van der Waals surface area contributed by atoms with E-state index in [2.05, 4.69) is 40.5 Å². The molecule has 20 heavy (non-hydrogen) atoms. The fraction of sp³-hybridized carbons (Fsp3) is 0.667. The zero-order valence-corrected chi connectivity index (χ0v) is 12.3. The highest BCUT2D eigenvalue weighted by molar-refractivity contribution is 5.14. The van der Waals surface area contributed by atoms with Crippen molar-refractivity contribution in [3.63, 3.8) is 0 Å². The predicted octanol–water partition coefficient (Wildman–Crippen LogP) is 2.69. The number of rotatable bonds is 5. The molecule has 3 heterocycles. The number of unbranched alkanes of at least 4 members (excludes halogenated alkanes) is 1. The van der Waals surface area contributed by atoms with Gasteiger partial charge < -0.3 is 5.32 Å². The summed E-state index contributed by atoms with van der Waals surface area (Å²) in [6.07, 6.45) is 6.89. The summed E-state index contributed by atoms with van der Waals surface area (Å²) in [4.78, 5) is 2.88. The second-order valence-corrected chi connectivity index (χ2v) is 6.88. The van der Waals surface area contributed by atoms with Gasteiger partial charge in [0.15, 0.2) is 0 Å². The molecule has 3 aliphatic rings. The van der Waals surface area contributed by atoms with Gasteiger partial charge in [0.05, 0.1) is 0 Å². The van der Waals surface area contributed by atoms with Crippen molar-refractivity contribution >= 4 is 0 Å². The molecule has 0 spiro atoms. The maximum absolute atomic E-state index is 3.61. The maximum Gasteiger partial charge on any atom is 0.0143 e. The topological polar surface area (TPSA) is 15.3 Å². The van der Waals surface area contributed by atoms with Crippen molar-refractivity contribution in [2.75, 3.05) is 19.6 Å². The fourth-order valence-corrected chi connectivity index (χ4v) is 5.00. The molecule has 0 radical (unpaired) electrons. The lowest BCUT2D eigenvalue weighted by atomic mass is 9.82. The lowest BCUT2D eigenvalue weighted by molar-refractivity contribution is 0.223. The van der Waals surface area contributed by atoms with Crippen molar-refractivity contribution in [1.29, 1.82) is 0 Å². The Balaban J connectivity index is 1.27. The molecule has 0 aliphatic carbocycles. The van der Waals surface area contributed by atoms with Gasteiger partial charge in [-0.2, -0.15) is 0 Å². The average Bonchev–Trinajstić information content (AvgIpc) is 3.17. The SMILES string of the molecule is c1ccc(CCCCN2[C@@H]3CC[C@H]2[C@H]2CNC[C@H]23)cc1. The van der Waals surface area contributed by atoms with Crippen LogP contribution in [-0.2, 0) is 6.42 Å². The highest BCUT2D eigenvalue weighted by Crippen LogP contribution is 2.47. The van der Waals surface area contributed by atoms with E-state index in [1.807, 2.05) is 0 Å².